The van der Waals surface area contributed by atoms with Gasteiger partial charge in [0.15, 0.2) is 0 Å². The highest BCUT2D eigenvalue weighted by Crippen LogP contribution is 2.27. The van der Waals surface area contributed by atoms with Crippen LogP contribution in [0.1, 0.15) is 6.92 Å². The SMILES string of the molecule is CCOc1cc(N)c(I)cc1I. The van der Waals surface area contributed by atoms with E-state index >= 15 is 0 Å². The highest BCUT2D eigenvalue weighted by molar-refractivity contribution is 14.1. The second-order valence-corrected chi connectivity index (χ2v) is 4.56. The van der Waals surface area contributed by atoms with Crippen LogP contribution in [0.5, 0.6) is 5.75 Å². The highest BCUT2D eigenvalue weighted by atomic mass is 127. The molecule has 0 saturated carbocycles. The third-order valence-electron chi connectivity index (χ3n) is 1.35. The second kappa shape index (κ2) is 4.50. The van der Waals surface area contributed by atoms with Crippen molar-refractivity contribution in [3.63, 3.8) is 0 Å². The lowest BCUT2D eigenvalue weighted by Gasteiger charge is -2.07. The van der Waals surface area contributed by atoms with Gasteiger partial charge in [-0.2, -0.15) is 0 Å². The van der Waals surface area contributed by atoms with Crippen LogP contribution in [0.2, 0.25) is 0 Å². The van der Waals surface area contributed by atoms with Gasteiger partial charge in [-0.15, -0.1) is 0 Å². The Morgan fingerprint density at radius 3 is 2.58 bits per heavy atom. The quantitative estimate of drug-likeness (QED) is 0.624. The van der Waals surface area contributed by atoms with Crippen LogP contribution >= 0.6 is 45.2 Å². The Morgan fingerprint density at radius 1 is 1.33 bits per heavy atom. The van der Waals surface area contributed by atoms with Crippen molar-refractivity contribution in [1.82, 2.24) is 0 Å². The van der Waals surface area contributed by atoms with E-state index in [2.05, 4.69) is 45.2 Å². The summed E-state index contributed by atoms with van der Waals surface area (Å²) in [6.45, 7) is 2.64. The van der Waals surface area contributed by atoms with Gasteiger partial charge in [-0.05, 0) is 58.2 Å². The summed E-state index contributed by atoms with van der Waals surface area (Å²) < 4.78 is 7.56. The number of halogens is 2. The van der Waals surface area contributed by atoms with Crippen LogP contribution < -0.4 is 10.5 Å². The molecule has 0 aliphatic heterocycles. The molecule has 1 rings (SSSR count). The fourth-order valence-corrected chi connectivity index (χ4v) is 2.50. The van der Waals surface area contributed by atoms with Gasteiger partial charge >= 0.3 is 0 Å². The van der Waals surface area contributed by atoms with E-state index in [0.717, 1.165) is 18.6 Å². The molecule has 0 spiro atoms. The standard InChI is InChI=1S/C8H9I2NO/c1-2-12-8-4-7(11)5(9)3-6(8)10/h3-4H,2,11H2,1H3. The first-order valence-corrected chi connectivity index (χ1v) is 5.68. The van der Waals surface area contributed by atoms with E-state index in [1.165, 1.54) is 0 Å². The van der Waals surface area contributed by atoms with Gasteiger partial charge in [-0.3, -0.25) is 0 Å². The van der Waals surface area contributed by atoms with E-state index in [0.29, 0.717) is 6.61 Å². The largest absolute Gasteiger partial charge is 0.493 e. The van der Waals surface area contributed by atoms with Crippen molar-refractivity contribution in [1.29, 1.82) is 0 Å². The second-order valence-electron chi connectivity index (χ2n) is 2.24. The molecule has 1 aromatic carbocycles. The van der Waals surface area contributed by atoms with Crippen LogP contribution in [0, 0.1) is 7.14 Å². The first-order valence-electron chi connectivity index (χ1n) is 3.52. The van der Waals surface area contributed by atoms with Gasteiger partial charge in [0.2, 0.25) is 0 Å². The average Bonchev–Trinajstić information content (AvgIpc) is 2.01. The summed E-state index contributed by atoms with van der Waals surface area (Å²) in [5.74, 6) is 0.871. The molecule has 1 aromatic rings. The Bertz CT molecular complexity index is 289. The summed E-state index contributed by atoms with van der Waals surface area (Å²) in [5, 5.41) is 0. The normalized spacial score (nSPS) is 9.92. The Labute approximate surface area is 99.1 Å². The first-order chi connectivity index (χ1) is 5.65. The van der Waals surface area contributed by atoms with E-state index in [-0.39, 0.29) is 0 Å². The molecule has 2 N–H and O–H groups in total. The predicted octanol–water partition coefficient (Wildman–Crippen LogP) is 2.88. The number of nitrogens with two attached hydrogens (primary N) is 1. The molecule has 66 valence electrons. The lowest BCUT2D eigenvalue weighted by atomic mass is 10.3. The third-order valence-corrected chi connectivity index (χ3v) is 3.13. The van der Waals surface area contributed by atoms with Crippen molar-refractivity contribution >= 4 is 50.9 Å². The van der Waals surface area contributed by atoms with E-state index < -0.39 is 0 Å². The molecule has 0 unspecified atom stereocenters. The summed E-state index contributed by atoms with van der Waals surface area (Å²) in [4.78, 5) is 0. The fraction of sp³-hybridized carbons (Fsp3) is 0.250. The molecule has 0 heterocycles. The molecular weight excluding hydrogens is 380 g/mol. The number of hydrogen-bond acceptors (Lipinski definition) is 2. The summed E-state index contributed by atoms with van der Waals surface area (Å²) in [6.07, 6.45) is 0. The maximum absolute atomic E-state index is 5.73. The highest BCUT2D eigenvalue weighted by Gasteiger charge is 2.03. The van der Waals surface area contributed by atoms with Gasteiger partial charge in [-0.1, -0.05) is 0 Å². The van der Waals surface area contributed by atoms with Crippen molar-refractivity contribution in [2.24, 2.45) is 0 Å². The Morgan fingerprint density at radius 2 is 2.00 bits per heavy atom. The maximum atomic E-state index is 5.73. The molecule has 0 amide bonds. The minimum Gasteiger partial charge on any atom is -0.493 e. The van der Waals surface area contributed by atoms with Crippen LogP contribution in [-0.2, 0) is 0 Å². The number of nitrogen functional groups attached to an aromatic ring is 1. The van der Waals surface area contributed by atoms with Crippen LogP contribution in [-0.4, -0.2) is 6.61 Å². The topological polar surface area (TPSA) is 35.2 Å². The summed E-state index contributed by atoms with van der Waals surface area (Å²) in [6, 6.07) is 3.88. The molecule has 0 radical (unpaired) electrons. The van der Waals surface area contributed by atoms with Gasteiger partial charge in [0.05, 0.1) is 10.2 Å². The average molecular weight is 389 g/mol. The Kier molecular flexibility index (Phi) is 3.88. The zero-order chi connectivity index (χ0) is 9.14. The molecule has 0 aromatic heterocycles. The minimum atomic E-state index is 0.677. The van der Waals surface area contributed by atoms with Gasteiger partial charge in [0.25, 0.3) is 0 Å². The lowest BCUT2D eigenvalue weighted by Crippen LogP contribution is -1.97. The molecule has 0 bridgehead atoms. The molecule has 0 fully saturated rings. The van der Waals surface area contributed by atoms with Crippen LogP contribution in [0.25, 0.3) is 0 Å². The molecule has 0 atom stereocenters. The van der Waals surface area contributed by atoms with Crippen LogP contribution in [0.3, 0.4) is 0 Å². The molecule has 4 heteroatoms. The Balaban J connectivity index is 3.05. The minimum absolute atomic E-state index is 0.677. The molecule has 0 saturated heterocycles. The van der Waals surface area contributed by atoms with Crippen molar-refractivity contribution in [2.45, 2.75) is 6.92 Å². The molecule has 12 heavy (non-hydrogen) atoms. The zero-order valence-electron chi connectivity index (χ0n) is 6.60. The number of benzene rings is 1. The lowest BCUT2D eigenvalue weighted by molar-refractivity contribution is 0.338. The summed E-state index contributed by atoms with van der Waals surface area (Å²) in [7, 11) is 0. The van der Waals surface area contributed by atoms with E-state index in [9.17, 15) is 0 Å². The van der Waals surface area contributed by atoms with Gasteiger partial charge < -0.3 is 10.5 Å². The number of rotatable bonds is 2. The first kappa shape index (κ1) is 10.4. The van der Waals surface area contributed by atoms with Crippen molar-refractivity contribution in [2.75, 3.05) is 12.3 Å². The number of hydrogen-bond donors (Lipinski definition) is 1. The van der Waals surface area contributed by atoms with Crippen LogP contribution in [0.4, 0.5) is 5.69 Å². The van der Waals surface area contributed by atoms with Gasteiger partial charge in [-0.25, -0.2) is 0 Å². The van der Waals surface area contributed by atoms with E-state index in [1.54, 1.807) is 0 Å². The predicted molar refractivity (Wildman–Crippen MR) is 67.5 cm³/mol. The third kappa shape index (κ3) is 2.38. The molecule has 2 nitrogen and oxygen atoms in total. The van der Waals surface area contributed by atoms with Crippen molar-refractivity contribution < 1.29 is 4.74 Å². The monoisotopic (exact) mass is 389 g/mol. The summed E-state index contributed by atoms with van der Waals surface area (Å²) in [5.41, 5.74) is 6.51. The van der Waals surface area contributed by atoms with Crippen molar-refractivity contribution in [3.8, 4) is 5.75 Å². The van der Waals surface area contributed by atoms with Gasteiger partial charge in [0.1, 0.15) is 5.75 Å². The zero-order valence-corrected chi connectivity index (χ0v) is 10.9. The molecule has 0 aliphatic carbocycles. The molecular formula is C8H9I2NO. The maximum Gasteiger partial charge on any atom is 0.134 e. The summed E-state index contributed by atoms with van der Waals surface area (Å²) >= 11 is 4.45. The Hall–Kier alpha value is 0.280. The fourth-order valence-electron chi connectivity index (χ4n) is 0.811. The smallest absolute Gasteiger partial charge is 0.134 e. The van der Waals surface area contributed by atoms with Gasteiger partial charge in [0, 0.05) is 15.3 Å². The van der Waals surface area contributed by atoms with E-state index in [4.69, 9.17) is 10.5 Å². The van der Waals surface area contributed by atoms with E-state index in [1.807, 2.05) is 19.1 Å². The van der Waals surface area contributed by atoms with Crippen molar-refractivity contribution in [3.05, 3.63) is 19.3 Å². The van der Waals surface area contributed by atoms with Crippen LogP contribution in [0.15, 0.2) is 12.1 Å². The number of anilines is 1. The molecule has 0 aliphatic rings. The number of ether oxygens (including phenoxy) is 1.